The molecular weight excluding hydrogens is 340 g/mol. The third kappa shape index (κ3) is 20.8. The average Bonchev–Trinajstić information content (AvgIpc) is 2.64. The first kappa shape index (κ1) is 25.7. The van der Waals surface area contributed by atoms with Crippen molar-refractivity contribution in [2.24, 2.45) is 5.92 Å². The summed E-state index contributed by atoms with van der Waals surface area (Å²) in [5, 5.41) is 0. The van der Waals surface area contributed by atoms with Crippen LogP contribution in [-0.2, 0) is 19.1 Å². The molecule has 4 heteroatoms. The molecule has 0 aliphatic rings. The number of allylic oxidation sites excluding steroid dienone is 1. The van der Waals surface area contributed by atoms with E-state index in [1.54, 1.807) is 0 Å². The SMILES string of the molecule is CCCCC/C=C\CCOC(=O)CCCCCCCCC(=O)OCC(C)C. The monoisotopic (exact) mass is 382 g/mol. The van der Waals surface area contributed by atoms with Crippen LogP contribution in [0, 0.1) is 5.92 Å². The standard InChI is InChI=1S/C23H42O4/c1-4-5-6-7-10-13-16-19-26-22(24)17-14-11-8-9-12-15-18-23(25)27-20-21(2)3/h10,13,21H,4-9,11-12,14-20H2,1-3H3/b13-10-. The second kappa shape index (κ2) is 19.4. The van der Waals surface area contributed by atoms with Gasteiger partial charge in [0.1, 0.15) is 0 Å². The summed E-state index contributed by atoms with van der Waals surface area (Å²) in [6.07, 6.45) is 17.1. The second-order valence-electron chi connectivity index (χ2n) is 7.67. The van der Waals surface area contributed by atoms with E-state index in [-0.39, 0.29) is 11.9 Å². The maximum atomic E-state index is 11.6. The topological polar surface area (TPSA) is 52.6 Å². The Morgan fingerprint density at radius 1 is 0.741 bits per heavy atom. The highest BCUT2D eigenvalue weighted by atomic mass is 16.5. The lowest BCUT2D eigenvalue weighted by Crippen LogP contribution is -2.09. The van der Waals surface area contributed by atoms with Crippen molar-refractivity contribution in [2.45, 2.75) is 104 Å². The predicted molar refractivity (Wildman–Crippen MR) is 112 cm³/mol. The molecule has 4 nitrogen and oxygen atoms in total. The van der Waals surface area contributed by atoms with Crippen molar-refractivity contribution >= 4 is 11.9 Å². The minimum atomic E-state index is -0.0813. The zero-order valence-electron chi connectivity index (χ0n) is 18.0. The summed E-state index contributed by atoms with van der Waals surface area (Å²) in [5.74, 6) is 0.234. The molecule has 0 bridgehead atoms. The van der Waals surface area contributed by atoms with Crippen molar-refractivity contribution in [1.82, 2.24) is 0 Å². The fourth-order valence-corrected chi connectivity index (χ4v) is 2.64. The zero-order valence-corrected chi connectivity index (χ0v) is 18.0. The molecule has 158 valence electrons. The van der Waals surface area contributed by atoms with Crippen LogP contribution in [0.1, 0.15) is 104 Å². The van der Waals surface area contributed by atoms with Crippen molar-refractivity contribution in [3.63, 3.8) is 0 Å². The van der Waals surface area contributed by atoms with Gasteiger partial charge in [0.05, 0.1) is 13.2 Å². The Morgan fingerprint density at radius 3 is 1.89 bits per heavy atom. The first-order valence-corrected chi connectivity index (χ1v) is 11.0. The van der Waals surface area contributed by atoms with Crippen LogP contribution in [-0.4, -0.2) is 25.2 Å². The van der Waals surface area contributed by atoms with Gasteiger partial charge in [-0.3, -0.25) is 9.59 Å². The largest absolute Gasteiger partial charge is 0.465 e. The van der Waals surface area contributed by atoms with Crippen LogP contribution in [0.4, 0.5) is 0 Å². The molecule has 0 spiro atoms. The third-order valence-electron chi connectivity index (χ3n) is 4.28. The average molecular weight is 383 g/mol. The molecule has 0 saturated heterocycles. The van der Waals surface area contributed by atoms with Crippen LogP contribution < -0.4 is 0 Å². The lowest BCUT2D eigenvalue weighted by molar-refractivity contribution is -0.145. The van der Waals surface area contributed by atoms with E-state index in [2.05, 4.69) is 19.1 Å². The predicted octanol–water partition coefficient (Wildman–Crippen LogP) is 6.38. The Kier molecular flexibility index (Phi) is 18.5. The minimum Gasteiger partial charge on any atom is -0.465 e. The highest BCUT2D eigenvalue weighted by molar-refractivity contribution is 5.69. The number of hydrogen-bond acceptors (Lipinski definition) is 4. The maximum Gasteiger partial charge on any atom is 0.305 e. The molecule has 0 aliphatic carbocycles. The van der Waals surface area contributed by atoms with Crippen molar-refractivity contribution in [2.75, 3.05) is 13.2 Å². The molecule has 0 aliphatic heterocycles. The van der Waals surface area contributed by atoms with Crippen LogP contribution in [0.5, 0.6) is 0 Å². The zero-order chi connectivity index (χ0) is 20.2. The van der Waals surface area contributed by atoms with Crippen molar-refractivity contribution in [3.05, 3.63) is 12.2 Å². The number of hydrogen-bond donors (Lipinski definition) is 0. The van der Waals surface area contributed by atoms with Gasteiger partial charge in [-0.2, -0.15) is 0 Å². The van der Waals surface area contributed by atoms with Gasteiger partial charge in [-0.1, -0.05) is 71.4 Å². The minimum absolute atomic E-state index is 0.0812. The van der Waals surface area contributed by atoms with Crippen LogP contribution >= 0.6 is 0 Å². The van der Waals surface area contributed by atoms with Crippen molar-refractivity contribution < 1.29 is 19.1 Å². The van der Waals surface area contributed by atoms with Gasteiger partial charge in [0.2, 0.25) is 0 Å². The summed E-state index contributed by atoms with van der Waals surface area (Å²) < 4.78 is 10.4. The summed E-state index contributed by atoms with van der Waals surface area (Å²) in [4.78, 5) is 23.1. The van der Waals surface area contributed by atoms with Gasteiger partial charge in [-0.15, -0.1) is 0 Å². The van der Waals surface area contributed by atoms with Crippen molar-refractivity contribution in [3.8, 4) is 0 Å². The van der Waals surface area contributed by atoms with Gasteiger partial charge in [0, 0.05) is 12.8 Å². The van der Waals surface area contributed by atoms with Gasteiger partial charge in [0.15, 0.2) is 0 Å². The Labute approximate surface area is 167 Å². The summed E-state index contributed by atoms with van der Waals surface area (Å²) in [7, 11) is 0. The van der Waals surface area contributed by atoms with E-state index in [4.69, 9.17) is 9.47 Å². The summed E-state index contributed by atoms with van der Waals surface area (Å²) in [6.45, 7) is 7.29. The summed E-state index contributed by atoms with van der Waals surface area (Å²) in [5.41, 5.74) is 0. The van der Waals surface area contributed by atoms with E-state index in [1.165, 1.54) is 19.3 Å². The smallest absolute Gasteiger partial charge is 0.305 e. The van der Waals surface area contributed by atoms with Gasteiger partial charge in [-0.25, -0.2) is 0 Å². The van der Waals surface area contributed by atoms with E-state index < -0.39 is 0 Å². The summed E-state index contributed by atoms with van der Waals surface area (Å²) >= 11 is 0. The first-order valence-electron chi connectivity index (χ1n) is 11.0. The fourth-order valence-electron chi connectivity index (χ4n) is 2.64. The molecule has 0 aromatic heterocycles. The molecule has 0 amide bonds. The van der Waals surface area contributed by atoms with E-state index in [0.717, 1.165) is 51.4 Å². The molecule has 0 unspecified atom stereocenters. The molecule has 0 fully saturated rings. The van der Waals surface area contributed by atoms with Gasteiger partial charge in [0.25, 0.3) is 0 Å². The Bertz CT molecular complexity index is 388. The van der Waals surface area contributed by atoms with Crippen LogP contribution in [0.15, 0.2) is 12.2 Å². The van der Waals surface area contributed by atoms with Crippen LogP contribution in [0.3, 0.4) is 0 Å². The van der Waals surface area contributed by atoms with Gasteiger partial charge < -0.3 is 9.47 Å². The molecule has 0 N–H and O–H groups in total. The fraction of sp³-hybridized carbons (Fsp3) is 0.826. The highest BCUT2D eigenvalue weighted by Crippen LogP contribution is 2.10. The van der Waals surface area contributed by atoms with Gasteiger partial charge >= 0.3 is 11.9 Å². The van der Waals surface area contributed by atoms with Crippen LogP contribution in [0.25, 0.3) is 0 Å². The number of unbranched alkanes of at least 4 members (excludes halogenated alkanes) is 8. The lowest BCUT2D eigenvalue weighted by Gasteiger charge is -2.07. The number of carbonyl (C=O) groups is 2. The highest BCUT2D eigenvalue weighted by Gasteiger charge is 2.04. The normalized spacial score (nSPS) is 11.3. The number of carbonyl (C=O) groups excluding carboxylic acids is 2. The van der Waals surface area contributed by atoms with Gasteiger partial charge in [-0.05, 0) is 38.0 Å². The molecule has 0 rings (SSSR count). The first-order chi connectivity index (χ1) is 13.1. The van der Waals surface area contributed by atoms with Crippen molar-refractivity contribution in [1.29, 1.82) is 0 Å². The molecule has 0 saturated carbocycles. The third-order valence-corrected chi connectivity index (χ3v) is 4.28. The second-order valence-corrected chi connectivity index (χ2v) is 7.67. The molecular formula is C23H42O4. The quantitative estimate of drug-likeness (QED) is 0.157. The number of rotatable bonds is 18. The van der Waals surface area contributed by atoms with E-state index in [0.29, 0.717) is 32.0 Å². The Balaban J connectivity index is 3.33. The Hall–Kier alpha value is -1.32. The molecule has 0 atom stereocenters. The van der Waals surface area contributed by atoms with E-state index >= 15 is 0 Å². The maximum absolute atomic E-state index is 11.6. The number of esters is 2. The molecule has 0 radical (unpaired) electrons. The number of ether oxygens (including phenoxy) is 2. The molecule has 0 aromatic carbocycles. The Morgan fingerprint density at radius 2 is 1.30 bits per heavy atom. The lowest BCUT2D eigenvalue weighted by atomic mass is 10.1. The van der Waals surface area contributed by atoms with E-state index in [1.807, 2.05) is 13.8 Å². The summed E-state index contributed by atoms with van der Waals surface area (Å²) in [6, 6.07) is 0. The van der Waals surface area contributed by atoms with E-state index in [9.17, 15) is 9.59 Å². The molecule has 27 heavy (non-hydrogen) atoms. The van der Waals surface area contributed by atoms with Crippen LogP contribution in [0.2, 0.25) is 0 Å². The molecule has 0 aromatic rings. The molecule has 0 heterocycles.